The van der Waals surface area contributed by atoms with Crippen LogP contribution in [0.5, 0.6) is 0 Å². The van der Waals surface area contributed by atoms with Gasteiger partial charge >= 0.3 is 5.97 Å². The van der Waals surface area contributed by atoms with Gasteiger partial charge in [0.2, 0.25) is 5.01 Å². The normalized spacial score (nSPS) is 24.8. The zero-order valence-electron chi connectivity index (χ0n) is 9.98. The Labute approximate surface area is 105 Å². The minimum absolute atomic E-state index is 0.180. The number of nitrogens with zero attached hydrogens (tertiary/aromatic N) is 1. The lowest BCUT2D eigenvalue weighted by Gasteiger charge is -2.26. The summed E-state index contributed by atoms with van der Waals surface area (Å²) < 4.78 is 0. The van der Waals surface area contributed by atoms with Crippen molar-refractivity contribution in [2.45, 2.75) is 45.2 Å². The molecule has 1 aromatic rings. The van der Waals surface area contributed by atoms with Crippen molar-refractivity contribution in [1.82, 2.24) is 10.3 Å². The van der Waals surface area contributed by atoms with Crippen molar-refractivity contribution in [1.29, 1.82) is 0 Å². The van der Waals surface area contributed by atoms with E-state index in [0.717, 1.165) is 11.6 Å². The molecule has 0 amide bonds. The van der Waals surface area contributed by atoms with Crippen LogP contribution in [-0.2, 0) is 6.54 Å². The predicted octanol–water partition coefficient (Wildman–Crippen LogP) is 2.51. The van der Waals surface area contributed by atoms with E-state index in [0.29, 0.717) is 12.6 Å². The molecule has 1 aliphatic rings. The second kappa shape index (κ2) is 5.60. The number of hydrogen-bond acceptors (Lipinski definition) is 4. The molecule has 5 heteroatoms. The molecule has 4 nitrogen and oxygen atoms in total. The lowest BCUT2D eigenvalue weighted by Crippen LogP contribution is -2.32. The Balaban J connectivity index is 1.79. The van der Waals surface area contributed by atoms with Crippen molar-refractivity contribution in [3.63, 3.8) is 0 Å². The summed E-state index contributed by atoms with van der Waals surface area (Å²) in [4.78, 5) is 14.7. The maximum atomic E-state index is 10.7. The topological polar surface area (TPSA) is 62.2 Å². The van der Waals surface area contributed by atoms with Crippen molar-refractivity contribution in [3.8, 4) is 0 Å². The molecule has 1 fully saturated rings. The highest BCUT2D eigenvalue weighted by atomic mass is 32.1. The molecule has 2 N–H and O–H groups in total. The molecule has 0 radical (unpaired) electrons. The average Bonchev–Trinajstić information content (AvgIpc) is 2.77. The fraction of sp³-hybridized carbons (Fsp3) is 0.667. The minimum atomic E-state index is -0.937. The quantitative estimate of drug-likeness (QED) is 0.866. The second-order valence-electron chi connectivity index (χ2n) is 4.79. The molecule has 1 aliphatic carbocycles. The van der Waals surface area contributed by atoms with E-state index >= 15 is 0 Å². The van der Waals surface area contributed by atoms with Gasteiger partial charge in [0, 0.05) is 18.0 Å². The van der Waals surface area contributed by atoms with Gasteiger partial charge in [0.25, 0.3) is 0 Å². The first-order valence-electron chi connectivity index (χ1n) is 6.06. The number of carboxylic acid groups (broad SMARTS) is 1. The van der Waals surface area contributed by atoms with E-state index in [9.17, 15) is 4.79 Å². The Kier molecular flexibility index (Phi) is 4.12. The zero-order chi connectivity index (χ0) is 12.3. The molecule has 0 atom stereocenters. The van der Waals surface area contributed by atoms with E-state index in [1.165, 1.54) is 37.0 Å². The van der Waals surface area contributed by atoms with Gasteiger partial charge in [-0.1, -0.05) is 6.92 Å². The lowest BCUT2D eigenvalue weighted by molar-refractivity contribution is 0.0696. The highest BCUT2D eigenvalue weighted by Crippen LogP contribution is 2.23. The van der Waals surface area contributed by atoms with Crippen LogP contribution in [0.1, 0.15) is 48.1 Å². The number of nitrogens with one attached hydrogen (secondary N) is 1. The average molecular weight is 254 g/mol. The van der Waals surface area contributed by atoms with Gasteiger partial charge in [-0.15, -0.1) is 11.3 Å². The van der Waals surface area contributed by atoms with Crippen LogP contribution < -0.4 is 5.32 Å². The Bertz CT molecular complexity index is 384. The van der Waals surface area contributed by atoms with E-state index in [2.05, 4.69) is 17.2 Å². The smallest absolute Gasteiger partial charge is 0.365 e. The first-order chi connectivity index (χ1) is 8.15. The van der Waals surface area contributed by atoms with Crippen LogP contribution in [0, 0.1) is 5.92 Å². The molecule has 1 heterocycles. The van der Waals surface area contributed by atoms with Crippen LogP contribution in [0.25, 0.3) is 0 Å². The molecule has 0 bridgehead atoms. The van der Waals surface area contributed by atoms with Gasteiger partial charge in [0.1, 0.15) is 0 Å². The molecule has 17 heavy (non-hydrogen) atoms. The van der Waals surface area contributed by atoms with E-state index < -0.39 is 5.97 Å². The molecule has 0 spiro atoms. The first kappa shape index (κ1) is 12.5. The maximum Gasteiger partial charge on any atom is 0.365 e. The van der Waals surface area contributed by atoms with E-state index in [-0.39, 0.29) is 5.01 Å². The third-order valence-corrected chi connectivity index (χ3v) is 4.20. The molecule has 94 valence electrons. The Morgan fingerprint density at radius 3 is 2.82 bits per heavy atom. The maximum absolute atomic E-state index is 10.7. The summed E-state index contributed by atoms with van der Waals surface area (Å²) in [6.07, 6.45) is 5.01. The number of hydrogen-bond donors (Lipinski definition) is 2. The fourth-order valence-electron chi connectivity index (χ4n) is 2.20. The summed E-state index contributed by atoms with van der Waals surface area (Å²) in [5.41, 5.74) is 0.839. The van der Waals surface area contributed by atoms with E-state index in [1.807, 2.05) is 5.38 Å². The van der Waals surface area contributed by atoms with Crippen molar-refractivity contribution >= 4 is 17.3 Å². The Hall–Kier alpha value is -0.940. The Morgan fingerprint density at radius 2 is 2.24 bits per heavy atom. The van der Waals surface area contributed by atoms with Gasteiger partial charge < -0.3 is 10.4 Å². The van der Waals surface area contributed by atoms with Gasteiger partial charge in [0.15, 0.2) is 0 Å². The third-order valence-electron chi connectivity index (χ3n) is 3.32. The number of aromatic carboxylic acids is 1. The molecular weight excluding hydrogens is 236 g/mol. The summed E-state index contributed by atoms with van der Waals surface area (Å²) in [7, 11) is 0. The molecule has 0 saturated heterocycles. The summed E-state index contributed by atoms with van der Waals surface area (Å²) >= 11 is 1.19. The van der Waals surface area contributed by atoms with Gasteiger partial charge in [-0.2, -0.15) is 0 Å². The van der Waals surface area contributed by atoms with Crippen molar-refractivity contribution < 1.29 is 9.90 Å². The van der Waals surface area contributed by atoms with Crippen molar-refractivity contribution in [2.24, 2.45) is 5.92 Å². The third kappa shape index (κ3) is 3.51. The summed E-state index contributed by atoms with van der Waals surface area (Å²) in [6.45, 7) is 2.98. The molecular formula is C12H18N2O2S. The largest absolute Gasteiger partial charge is 0.476 e. The molecule has 0 unspecified atom stereocenters. The molecule has 1 aromatic heterocycles. The van der Waals surface area contributed by atoms with Crippen LogP contribution in [0.4, 0.5) is 0 Å². The molecule has 2 rings (SSSR count). The van der Waals surface area contributed by atoms with Gasteiger partial charge in [-0.05, 0) is 31.6 Å². The summed E-state index contributed by atoms with van der Waals surface area (Å²) in [5.74, 6) is -0.0846. The van der Waals surface area contributed by atoms with Gasteiger partial charge in [0.05, 0.1) is 5.69 Å². The van der Waals surface area contributed by atoms with E-state index in [1.54, 1.807) is 0 Å². The standard InChI is InChI=1S/C12H18N2O2S/c1-8-2-4-9(5-3-8)13-6-10-7-17-11(14-10)12(15)16/h7-9,13H,2-6H2,1H3,(H,15,16). The number of thiazole rings is 1. The van der Waals surface area contributed by atoms with Crippen molar-refractivity contribution in [3.05, 3.63) is 16.1 Å². The van der Waals surface area contributed by atoms with Crippen LogP contribution in [-0.4, -0.2) is 22.1 Å². The van der Waals surface area contributed by atoms with Crippen molar-refractivity contribution in [2.75, 3.05) is 0 Å². The highest BCUT2D eigenvalue weighted by Gasteiger charge is 2.18. The fourth-order valence-corrected chi connectivity index (χ4v) is 2.85. The van der Waals surface area contributed by atoms with E-state index in [4.69, 9.17) is 5.11 Å². The zero-order valence-corrected chi connectivity index (χ0v) is 10.8. The van der Waals surface area contributed by atoms with Gasteiger partial charge in [-0.25, -0.2) is 9.78 Å². The van der Waals surface area contributed by atoms with Gasteiger partial charge in [-0.3, -0.25) is 0 Å². The van der Waals surface area contributed by atoms with Crippen LogP contribution in [0.2, 0.25) is 0 Å². The molecule has 1 saturated carbocycles. The Morgan fingerprint density at radius 1 is 1.53 bits per heavy atom. The second-order valence-corrected chi connectivity index (χ2v) is 5.64. The number of rotatable bonds is 4. The highest BCUT2D eigenvalue weighted by molar-refractivity contribution is 7.11. The summed E-state index contributed by atoms with van der Waals surface area (Å²) in [6, 6.07) is 0.571. The number of carboxylic acids is 1. The van der Waals surface area contributed by atoms with Crippen LogP contribution in [0.15, 0.2) is 5.38 Å². The minimum Gasteiger partial charge on any atom is -0.476 e. The van der Waals surface area contributed by atoms with Crippen LogP contribution in [0.3, 0.4) is 0 Å². The number of aromatic nitrogens is 1. The van der Waals surface area contributed by atoms with Crippen LogP contribution >= 0.6 is 11.3 Å². The SMILES string of the molecule is CC1CCC(NCc2csc(C(=O)O)n2)CC1. The first-order valence-corrected chi connectivity index (χ1v) is 6.94. The lowest BCUT2D eigenvalue weighted by atomic mass is 9.87. The molecule has 0 aromatic carbocycles. The molecule has 0 aliphatic heterocycles. The monoisotopic (exact) mass is 254 g/mol. The summed E-state index contributed by atoms with van der Waals surface area (Å²) in [5, 5.41) is 14.2. The number of carbonyl (C=O) groups is 1. The predicted molar refractivity (Wildman–Crippen MR) is 67.3 cm³/mol.